The summed E-state index contributed by atoms with van der Waals surface area (Å²) in [6.45, 7) is 4.21. The molecule has 0 radical (unpaired) electrons. The molecule has 3 nitrogen and oxygen atoms in total. The topological polar surface area (TPSA) is 50.9 Å². The van der Waals surface area contributed by atoms with E-state index in [1.54, 1.807) is 0 Å². The predicted octanol–water partition coefficient (Wildman–Crippen LogP) is 3.41. The standard InChI is InChI=1S/C12H14BrN3/c1-7(2)12-11(16-14)5-8-3-4-9(13)6-10(8)15-12/h3-7,16H,14H2,1-2H3. The highest BCUT2D eigenvalue weighted by atomic mass is 79.9. The highest BCUT2D eigenvalue weighted by Crippen LogP contribution is 2.27. The van der Waals surface area contributed by atoms with Crippen LogP contribution in [0.1, 0.15) is 25.5 Å². The Morgan fingerprint density at radius 3 is 2.69 bits per heavy atom. The van der Waals surface area contributed by atoms with Crippen molar-refractivity contribution in [1.82, 2.24) is 4.98 Å². The molecule has 1 heterocycles. The summed E-state index contributed by atoms with van der Waals surface area (Å²) in [6.07, 6.45) is 0. The average Bonchev–Trinajstić information content (AvgIpc) is 2.27. The maximum Gasteiger partial charge on any atom is 0.0718 e. The van der Waals surface area contributed by atoms with Gasteiger partial charge < -0.3 is 5.43 Å². The van der Waals surface area contributed by atoms with Gasteiger partial charge in [-0.1, -0.05) is 35.8 Å². The first kappa shape index (κ1) is 11.4. The molecule has 1 aromatic carbocycles. The fourth-order valence-corrected chi connectivity index (χ4v) is 2.06. The first-order valence-corrected chi connectivity index (χ1v) is 5.98. The van der Waals surface area contributed by atoms with Crippen LogP contribution >= 0.6 is 15.9 Å². The zero-order chi connectivity index (χ0) is 11.7. The van der Waals surface area contributed by atoms with Gasteiger partial charge in [-0.05, 0) is 24.1 Å². The summed E-state index contributed by atoms with van der Waals surface area (Å²) in [7, 11) is 0. The van der Waals surface area contributed by atoms with Crippen molar-refractivity contribution in [2.45, 2.75) is 19.8 Å². The molecule has 0 aliphatic heterocycles. The monoisotopic (exact) mass is 279 g/mol. The fourth-order valence-electron chi connectivity index (χ4n) is 1.71. The average molecular weight is 280 g/mol. The van der Waals surface area contributed by atoms with Gasteiger partial charge in [0.2, 0.25) is 0 Å². The van der Waals surface area contributed by atoms with Crippen LogP contribution in [0.15, 0.2) is 28.7 Å². The molecule has 0 spiro atoms. The molecule has 16 heavy (non-hydrogen) atoms. The van der Waals surface area contributed by atoms with Gasteiger partial charge in [0, 0.05) is 9.86 Å². The minimum absolute atomic E-state index is 0.342. The third kappa shape index (κ3) is 2.03. The number of rotatable bonds is 2. The van der Waals surface area contributed by atoms with Crippen molar-refractivity contribution in [3.05, 3.63) is 34.4 Å². The Labute approximate surface area is 103 Å². The number of hydrogen-bond donors (Lipinski definition) is 2. The summed E-state index contributed by atoms with van der Waals surface area (Å²) in [4.78, 5) is 4.63. The Balaban J connectivity index is 2.70. The lowest BCUT2D eigenvalue weighted by molar-refractivity contribution is 0.831. The number of pyridine rings is 1. The van der Waals surface area contributed by atoms with Gasteiger partial charge in [-0.2, -0.15) is 0 Å². The Hall–Kier alpha value is -1.13. The molecule has 0 saturated carbocycles. The Morgan fingerprint density at radius 2 is 2.06 bits per heavy atom. The number of fused-ring (bicyclic) bond motifs is 1. The number of hydrazine groups is 1. The zero-order valence-electron chi connectivity index (χ0n) is 9.29. The molecule has 0 fully saturated rings. The van der Waals surface area contributed by atoms with E-state index in [1.165, 1.54) is 0 Å². The first-order valence-electron chi connectivity index (χ1n) is 5.18. The summed E-state index contributed by atoms with van der Waals surface area (Å²) < 4.78 is 1.04. The summed E-state index contributed by atoms with van der Waals surface area (Å²) >= 11 is 3.45. The fraction of sp³-hybridized carbons (Fsp3) is 0.250. The molecule has 2 rings (SSSR count). The SMILES string of the molecule is CC(C)c1nc2cc(Br)ccc2cc1NN. The molecular formula is C12H14BrN3. The lowest BCUT2D eigenvalue weighted by Gasteiger charge is -2.12. The number of nitrogen functional groups attached to an aromatic ring is 1. The minimum Gasteiger partial charge on any atom is -0.322 e. The molecule has 1 aromatic heterocycles. The van der Waals surface area contributed by atoms with Gasteiger partial charge in [0.25, 0.3) is 0 Å². The second-order valence-electron chi connectivity index (χ2n) is 4.06. The highest BCUT2D eigenvalue weighted by Gasteiger charge is 2.09. The Kier molecular flexibility index (Phi) is 3.12. The second-order valence-corrected chi connectivity index (χ2v) is 4.97. The van der Waals surface area contributed by atoms with E-state index in [2.05, 4.69) is 40.2 Å². The second kappa shape index (κ2) is 4.39. The van der Waals surface area contributed by atoms with Gasteiger partial charge >= 0.3 is 0 Å². The van der Waals surface area contributed by atoms with E-state index in [9.17, 15) is 0 Å². The molecule has 0 unspecified atom stereocenters. The number of nitrogens with zero attached hydrogens (tertiary/aromatic N) is 1. The molecule has 0 saturated heterocycles. The number of nitrogens with one attached hydrogen (secondary N) is 1. The first-order chi connectivity index (χ1) is 7.61. The molecule has 84 valence electrons. The van der Waals surface area contributed by atoms with Crippen LogP contribution in [0.3, 0.4) is 0 Å². The number of hydrogen-bond acceptors (Lipinski definition) is 3. The third-order valence-corrected chi connectivity index (χ3v) is 3.00. The van der Waals surface area contributed by atoms with Crippen molar-refractivity contribution in [2.75, 3.05) is 5.43 Å². The van der Waals surface area contributed by atoms with E-state index in [-0.39, 0.29) is 0 Å². The molecular weight excluding hydrogens is 266 g/mol. The van der Waals surface area contributed by atoms with Crippen molar-refractivity contribution >= 4 is 32.5 Å². The van der Waals surface area contributed by atoms with Gasteiger partial charge in [0.05, 0.1) is 16.9 Å². The van der Waals surface area contributed by atoms with Gasteiger partial charge in [0.15, 0.2) is 0 Å². The summed E-state index contributed by atoms with van der Waals surface area (Å²) in [6, 6.07) is 8.07. The number of anilines is 1. The van der Waals surface area contributed by atoms with Crippen LogP contribution < -0.4 is 11.3 Å². The normalized spacial score (nSPS) is 11.1. The van der Waals surface area contributed by atoms with Crippen LogP contribution in [-0.2, 0) is 0 Å². The molecule has 0 atom stereocenters. The van der Waals surface area contributed by atoms with E-state index in [1.807, 2.05) is 24.3 Å². The molecule has 3 N–H and O–H groups in total. The van der Waals surface area contributed by atoms with E-state index < -0.39 is 0 Å². The number of halogens is 1. The highest BCUT2D eigenvalue weighted by molar-refractivity contribution is 9.10. The number of aromatic nitrogens is 1. The lowest BCUT2D eigenvalue weighted by atomic mass is 10.1. The quantitative estimate of drug-likeness (QED) is 0.654. The van der Waals surface area contributed by atoms with Gasteiger partial charge in [-0.15, -0.1) is 0 Å². The molecule has 4 heteroatoms. The Bertz CT molecular complexity index is 523. The van der Waals surface area contributed by atoms with E-state index in [0.717, 1.165) is 26.8 Å². The van der Waals surface area contributed by atoms with Crippen molar-refractivity contribution in [3.8, 4) is 0 Å². The summed E-state index contributed by atoms with van der Waals surface area (Å²) in [5.41, 5.74) is 5.58. The third-order valence-electron chi connectivity index (χ3n) is 2.51. The van der Waals surface area contributed by atoms with E-state index in [0.29, 0.717) is 5.92 Å². The van der Waals surface area contributed by atoms with Crippen molar-refractivity contribution < 1.29 is 0 Å². The van der Waals surface area contributed by atoms with Crippen LogP contribution in [-0.4, -0.2) is 4.98 Å². The molecule has 2 aromatic rings. The van der Waals surface area contributed by atoms with E-state index in [4.69, 9.17) is 5.84 Å². The van der Waals surface area contributed by atoms with Crippen molar-refractivity contribution in [3.63, 3.8) is 0 Å². The van der Waals surface area contributed by atoms with Crippen LogP contribution in [0, 0.1) is 0 Å². The van der Waals surface area contributed by atoms with Gasteiger partial charge in [-0.25, -0.2) is 0 Å². The molecule has 0 amide bonds. The van der Waals surface area contributed by atoms with Crippen molar-refractivity contribution in [1.29, 1.82) is 0 Å². The lowest BCUT2D eigenvalue weighted by Crippen LogP contribution is -2.11. The molecule has 0 aliphatic rings. The van der Waals surface area contributed by atoms with E-state index >= 15 is 0 Å². The summed E-state index contributed by atoms with van der Waals surface area (Å²) in [5, 5.41) is 1.08. The zero-order valence-corrected chi connectivity index (χ0v) is 10.9. The molecule has 0 aliphatic carbocycles. The van der Waals surface area contributed by atoms with Crippen LogP contribution in [0.5, 0.6) is 0 Å². The number of nitrogens with two attached hydrogens (primary N) is 1. The molecule has 0 bridgehead atoms. The van der Waals surface area contributed by atoms with Crippen LogP contribution in [0.25, 0.3) is 10.9 Å². The largest absolute Gasteiger partial charge is 0.322 e. The number of benzene rings is 1. The minimum atomic E-state index is 0.342. The van der Waals surface area contributed by atoms with Crippen molar-refractivity contribution in [2.24, 2.45) is 5.84 Å². The Morgan fingerprint density at radius 1 is 1.31 bits per heavy atom. The maximum atomic E-state index is 5.51. The smallest absolute Gasteiger partial charge is 0.0718 e. The maximum absolute atomic E-state index is 5.51. The van der Waals surface area contributed by atoms with Crippen LogP contribution in [0.2, 0.25) is 0 Å². The van der Waals surface area contributed by atoms with Crippen LogP contribution in [0.4, 0.5) is 5.69 Å². The predicted molar refractivity (Wildman–Crippen MR) is 71.3 cm³/mol. The van der Waals surface area contributed by atoms with Gasteiger partial charge in [-0.3, -0.25) is 10.8 Å². The summed E-state index contributed by atoms with van der Waals surface area (Å²) in [5.74, 6) is 5.85. The van der Waals surface area contributed by atoms with Gasteiger partial charge in [0.1, 0.15) is 0 Å².